The van der Waals surface area contributed by atoms with Crippen molar-refractivity contribution in [3.8, 4) is 0 Å². The molecule has 3 N–H and O–H groups in total. The van der Waals surface area contributed by atoms with Gasteiger partial charge in [0.2, 0.25) is 5.91 Å². The number of nitrogens with one attached hydrogen (secondary N) is 1. The molecule has 0 spiro atoms. The van der Waals surface area contributed by atoms with E-state index < -0.39 is 6.04 Å². The van der Waals surface area contributed by atoms with Gasteiger partial charge in [0.05, 0.1) is 11.0 Å². The average Bonchev–Trinajstić information content (AvgIpc) is 2.66. The van der Waals surface area contributed by atoms with Crippen molar-refractivity contribution in [2.45, 2.75) is 58.9 Å². The Hall–Kier alpha value is -0.580. The molecule has 1 aliphatic carbocycles. The summed E-state index contributed by atoms with van der Waals surface area (Å²) >= 11 is 1.74. The van der Waals surface area contributed by atoms with Gasteiger partial charge in [0.1, 0.15) is 0 Å². The topological polar surface area (TPSA) is 55.1 Å². The molecule has 0 unspecified atom stereocenters. The van der Waals surface area contributed by atoms with Crippen LogP contribution in [0.3, 0.4) is 0 Å². The van der Waals surface area contributed by atoms with Gasteiger partial charge in [-0.15, -0.1) is 23.7 Å². The first-order valence-corrected chi connectivity index (χ1v) is 7.98. The van der Waals surface area contributed by atoms with Crippen molar-refractivity contribution in [3.63, 3.8) is 0 Å². The molecule has 0 bridgehead atoms. The molecule has 1 aromatic heterocycles. The fourth-order valence-electron chi connectivity index (χ4n) is 2.66. The third-order valence-electron chi connectivity index (χ3n) is 3.73. The number of fused-ring (bicyclic) bond motifs is 1. The Morgan fingerprint density at radius 1 is 1.35 bits per heavy atom. The Morgan fingerprint density at radius 2 is 2.00 bits per heavy atom. The van der Waals surface area contributed by atoms with E-state index in [1.54, 1.807) is 11.3 Å². The van der Waals surface area contributed by atoms with E-state index >= 15 is 0 Å². The summed E-state index contributed by atoms with van der Waals surface area (Å²) < 4.78 is 0. The predicted octanol–water partition coefficient (Wildman–Crippen LogP) is 3.67. The molecular formula is C15H25ClN2OS. The van der Waals surface area contributed by atoms with Gasteiger partial charge in [0, 0.05) is 4.88 Å². The average molecular weight is 317 g/mol. The fraction of sp³-hybridized carbons (Fsp3) is 0.667. The molecule has 1 heterocycles. The van der Waals surface area contributed by atoms with E-state index in [4.69, 9.17) is 5.73 Å². The van der Waals surface area contributed by atoms with Gasteiger partial charge in [0.25, 0.3) is 0 Å². The first-order valence-electron chi connectivity index (χ1n) is 7.16. The van der Waals surface area contributed by atoms with E-state index in [1.165, 1.54) is 28.8 Å². The fourth-order valence-corrected chi connectivity index (χ4v) is 3.96. The van der Waals surface area contributed by atoms with E-state index in [9.17, 15) is 4.79 Å². The molecule has 0 saturated heterocycles. The molecule has 1 aromatic rings. The molecule has 0 radical (unpaired) electrons. The highest BCUT2D eigenvalue weighted by atomic mass is 35.5. The molecule has 0 aromatic carbocycles. The van der Waals surface area contributed by atoms with Crippen LogP contribution in [0.15, 0.2) is 0 Å². The van der Waals surface area contributed by atoms with Crippen LogP contribution in [0.5, 0.6) is 0 Å². The van der Waals surface area contributed by atoms with Crippen LogP contribution in [0.4, 0.5) is 5.00 Å². The summed E-state index contributed by atoms with van der Waals surface area (Å²) in [6.07, 6.45) is 5.59. The van der Waals surface area contributed by atoms with Crippen LogP contribution < -0.4 is 11.1 Å². The van der Waals surface area contributed by atoms with Crippen LogP contribution in [0, 0.1) is 12.8 Å². The van der Waals surface area contributed by atoms with E-state index in [2.05, 4.69) is 26.1 Å². The molecule has 20 heavy (non-hydrogen) atoms. The lowest BCUT2D eigenvalue weighted by atomic mass is 9.96. The molecule has 0 saturated carbocycles. The molecule has 1 atom stereocenters. The van der Waals surface area contributed by atoms with Crippen LogP contribution in [0.2, 0.25) is 0 Å². The highest BCUT2D eigenvalue weighted by molar-refractivity contribution is 7.16. The summed E-state index contributed by atoms with van der Waals surface area (Å²) in [6, 6.07) is -0.404. The molecule has 114 valence electrons. The Bertz CT molecular complexity index is 471. The predicted molar refractivity (Wildman–Crippen MR) is 89.0 cm³/mol. The second-order valence-electron chi connectivity index (χ2n) is 5.89. The van der Waals surface area contributed by atoms with Crippen molar-refractivity contribution in [2.75, 3.05) is 5.32 Å². The van der Waals surface area contributed by atoms with Crippen molar-refractivity contribution < 1.29 is 4.79 Å². The van der Waals surface area contributed by atoms with Gasteiger partial charge < -0.3 is 11.1 Å². The van der Waals surface area contributed by atoms with Crippen LogP contribution in [0.25, 0.3) is 0 Å². The number of hydrogen-bond donors (Lipinski definition) is 2. The third kappa shape index (κ3) is 3.96. The van der Waals surface area contributed by atoms with Crippen LogP contribution in [-0.4, -0.2) is 11.9 Å². The first-order chi connectivity index (χ1) is 8.99. The van der Waals surface area contributed by atoms with Crippen LogP contribution >= 0.6 is 23.7 Å². The molecule has 1 amide bonds. The maximum Gasteiger partial charge on any atom is 0.241 e. The maximum absolute atomic E-state index is 12.1. The molecule has 0 fully saturated rings. The largest absolute Gasteiger partial charge is 0.320 e. The zero-order valence-electron chi connectivity index (χ0n) is 12.5. The van der Waals surface area contributed by atoms with E-state index in [-0.39, 0.29) is 18.3 Å². The van der Waals surface area contributed by atoms with Gasteiger partial charge in [-0.25, -0.2) is 0 Å². The highest BCUT2D eigenvalue weighted by Crippen LogP contribution is 2.37. The number of nitrogens with two attached hydrogens (primary N) is 1. The number of carbonyl (C=O) groups is 1. The van der Waals surface area contributed by atoms with Crippen molar-refractivity contribution in [3.05, 3.63) is 16.0 Å². The summed E-state index contributed by atoms with van der Waals surface area (Å²) in [4.78, 5) is 13.5. The Labute approximate surface area is 131 Å². The van der Waals surface area contributed by atoms with Gasteiger partial charge in [-0.05, 0) is 56.1 Å². The van der Waals surface area contributed by atoms with Gasteiger partial charge in [-0.3, -0.25) is 4.79 Å². The van der Waals surface area contributed by atoms with E-state index in [0.717, 1.165) is 24.3 Å². The highest BCUT2D eigenvalue weighted by Gasteiger charge is 2.21. The van der Waals surface area contributed by atoms with Gasteiger partial charge >= 0.3 is 0 Å². The molecule has 5 heteroatoms. The second-order valence-corrected chi connectivity index (χ2v) is 7.00. The molecule has 3 nitrogen and oxygen atoms in total. The zero-order chi connectivity index (χ0) is 14.0. The molecule has 1 aliphatic rings. The number of anilines is 1. The van der Waals surface area contributed by atoms with Crippen molar-refractivity contribution >= 4 is 34.7 Å². The minimum Gasteiger partial charge on any atom is -0.320 e. The quantitative estimate of drug-likeness (QED) is 0.890. The van der Waals surface area contributed by atoms with Crippen LogP contribution in [-0.2, 0) is 17.6 Å². The third-order valence-corrected chi connectivity index (χ3v) is 5.04. The Balaban J connectivity index is 0.00000200. The standard InChI is InChI=1S/C15H24N2OS.ClH/c1-9(2)8-12(16)14(18)17-15-10(3)11-6-4-5-7-13(11)19-15;/h9,12H,4-8,16H2,1-3H3,(H,17,18);1H/t12-;/m0./s1. The minimum absolute atomic E-state index is 0. The summed E-state index contributed by atoms with van der Waals surface area (Å²) in [5.74, 6) is 0.397. The SMILES string of the molecule is Cc1c(NC(=O)[C@@H](N)CC(C)C)sc2c1CCCC2.Cl. The number of carbonyl (C=O) groups excluding carboxylic acids is 1. The minimum atomic E-state index is -0.404. The van der Waals surface area contributed by atoms with Crippen molar-refractivity contribution in [2.24, 2.45) is 11.7 Å². The van der Waals surface area contributed by atoms with Gasteiger partial charge in [-0.2, -0.15) is 0 Å². The summed E-state index contributed by atoms with van der Waals surface area (Å²) in [6.45, 7) is 6.29. The number of thiophene rings is 1. The lowest BCUT2D eigenvalue weighted by Crippen LogP contribution is -2.36. The number of amides is 1. The maximum atomic E-state index is 12.1. The van der Waals surface area contributed by atoms with Crippen molar-refractivity contribution in [1.29, 1.82) is 0 Å². The van der Waals surface area contributed by atoms with E-state index in [1.807, 2.05) is 0 Å². The Morgan fingerprint density at radius 3 is 2.60 bits per heavy atom. The lowest BCUT2D eigenvalue weighted by molar-refractivity contribution is -0.117. The van der Waals surface area contributed by atoms with Gasteiger partial charge in [0.15, 0.2) is 0 Å². The number of rotatable bonds is 4. The zero-order valence-corrected chi connectivity index (χ0v) is 14.1. The first kappa shape index (κ1) is 17.5. The Kier molecular flexibility index (Phi) is 6.49. The summed E-state index contributed by atoms with van der Waals surface area (Å²) in [7, 11) is 0. The second kappa shape index (κ2) is 7.43. The smallest absolute Gasteiger partial charge is 0.241 e. The van der Waals surface area contributed by atoms with Crippen LogP contribution in [0.1, 0.15) is 49.1 Å². The molecular weight excluding hydrogens is 292 g/mol. The van der Waals surface area contributed by atoms with E-state index in [0.29, 0.717) is 5.92 Å². The summed E-state index contributed by atoms with van der Waals surface area (Å²) in [5.41, 5.74) is 8.65. The van der Waals surface area contributed by atoms with Crippen molar-refractivity contribution in [1.82, 2.24) is 0 Å². The normalized spacial score (nSPS) is 15.4. The summed E-state index contributed by atoms with van der Waals surface area (Å²) in [5, 5.41) is 4.04. The number of halogens is 1. The number of aryl methyl sites for hydroxylation is 1. The van der Waals surface area contributed by atoms with Gasteiger partial charge in [-0.1, -0.05) is 13.8 Å². The number of hydrogen-bond acceptors (Lipinski definition) is 3. The lowest BCUT2D eigenvalue weighted by Gasteiger charge is -2.14. The monoisotopic (exact) mass is 316 g/mol. The molecule has 0 aliphatic heterocycles. The molecule has 2 rings (SSSR count).